The van der Waals surface area contributed by atoms with E-state index in [1.807, 2.05) is 0 Å². The van der Waals surface area contributed by atoms with Gasteiger partial charge in [-0.15, -0.1) is 0 Å². The van der Waals surface area contributed by atoms with Crippen LogP contribution in [-0.4, -0.2) is 8.42 Å². The molecule has 0 saturated carbocycles. The highest BCUT2D eigenvalue weighted by Gasteiger charge is 2.16. The van der Waals surface area contributed by atoms with Crippen LogP contribution in [0.4, 0.5) is 5.69 Å². The standard InChI is InChI=1S/C12H8Br2ClNO2S/c13-8-2-1-3-10(6-8)19(17,18)16-12-7-9(15)4-5-11(12)14/h1-7,16H. The average molecular weight is 426 g/mol. The summed E-state index contributed by atoms with van der Waals surface area (Å²) in [5.41, 5.74) is 0.396. The minimum absolute atomic E-state index is 0.175. The van der Waals surface area contributed by atoms with Gasteiger partial charge in [0.15, 0.2) is 0 Å². The number of nitrogens with one attached hydrogen (secondary N) is 1. The molecule has 3 nitrogen and oxygen atoms in total. The number of sulfonamides is 1. The van der Waals surface area contributed by atoms with Crippen LogP contribution in [0, 0.1) is 0 Å². The van der Waals surface area contributed by atoms with Crippen molar-refractivity contribution in [1.82, 2.24) is 0 Å². The molecule has 0 fully saturated rings. The topological polar surface area (TPSA) is 46.2 Å². The summed E-state index contributed by atoms with van der Waals surface area (Å²) in [4.78, 5) is 0.175. The van der Waals surface area contributed by atoms with E-state index in [2.05, 4.69) is 36.6 Å². The molecule has 0 aromatic heterocycles. The van der Waals surface area contributed by atoms with E-state index in [0.29, 0.717) is 19.7 Å². The second-order valence-corrected chi connectivity index (χ2v) is 7.58. The summed E-state index contributed by atoms with van der Waals surface area (Å²) in [7, 11) is -3.64. The van der Waals surface area contributed by atoms with Crippen molar-refractivity contribution in [2.24, 2.45) is 0 Å². The molecule has 0 atom stereocenters. The van der Waals surface area contributed by atoms with E-state index >= 15 is 0 Å². The Kier molecular flexibility index (Phi) is 4.55. The highest BCUT2D eigenvalue weighted by molar-refractivity contribution is 9.10. The third-order valence-corrected chi connectivity index (χ3v) is 5.06. The first-order valence-corrected chi connectivity index (χ1v) is 8.57. The third kappa shape index (κ3) is 3.72. The SMILES string of the molecule is O=S(=O)(Nc1cc(Cl)ccc1Br)c1cccc(Br)c1. The van der Waals surface area contributed by atoms with Crippen molar-refractivity contribution in [3.63, 3.8) is 0 Å². The van der Waals surface area contributed by atoms with Gasteiger partial charge in [-0.3, -0.25) is 4.72 Å². The number of halogens is 3. The maximum atomic E-state index is 12.2. The molecule has 0 aliphatic carbocycles. The van der Waals surface area contributed by atoms with Crippen LogP contribution >= 0.6 is 43.5 Å². The first-order chi connectivity index (χ1) is 8.88. The second kappa shape index (κ2) is 5.83. The maximum absolute atomic E-state index is 12.2. The highest BCUT2D eigenvalue weighted by atomic mass is 79.9. The van der Waals surface area contributed by atoms with Gasteiger partial charge < -0.3 is 0 Å². The van der Waals surface area contributed by atoms with Crippen LogP contribution in [0.3, 0.4) is 0 Å². The molecule has 2 aromatic carbocycles. The van der Waals surface area contributed by atoms with Crippen LogP contribution in [0.15, 0.2) is 56.3 Å². The molecule has 100 valence electrons. The second-order valence-electron chi connectivity index (χ2n) is 3.69. The predicted octanol–water partition coefficient (Wildman–Crippen LogP) is 4.67. The quantitative estimate of drug-likeness (QED) is 0.777. The highest BCUT2D eigenvalue weighted by Crippen LogP contribution is 2.28. The van der Waals surface area contributed by atoms with Gasteiger partial charge in [-0.05, 0) is 52.3 Å². The van der Waals surface area contributed by atoms with Gasteiger partial charge in [-0.25, -0.2) is 8.42 Å². The molecule has 1 N–H and O–H groups in total. The molecule has 0 amide bonds. The summed E-state index contributed by atoms with van der Waals surface area (Å²) >= 11 is 12.4. The van der Waals surface area contributed by atoms with Gasteiger partial charge in [0.25, 0.3) is 10.0 Å². The van der Waals surface area contributed by atoms with E-state index in [4.69, 9.17) is 11.6 Å². The van der Waals surface area contributed by atoms with Crippen molar-refractivity contribution in [1.29, 1.82) is 0 Å². The summed E-state index contributed by atoms with van der Waals surface area (Å²) in [6.45, 7) is 0. The average Bonchev–Trinajstić information content (AvgIpc) is 2.33. The number of hydrogen-bond donors (Lipinski definition) is 1. The first kappa shape index (κ1) is 14.8. The summed E-state index contributed by atoms with van der Waals surface area (Å²) < 4.78 is 28.2. The van der Waals surface area contributed by atoms with E-state index in [0.717, 1.165) is 0 Å². The Balaban J connectivity index is 2.39. The number of anilines is 1. The Labute approximate surface area is 133 Å². The third-order valence-electron chi connectivity index (χ3n) is 2.28. The van der Waals surface area contributed by atoms with Crippen LogP contribution in [0.2, 0.25) is 5.02 Å². The molecule has 0 heterocycles. The van der Waals surface area contributed by atoms with E-state index in [1.54, 1.807) is 30.3 Å². The van der Waals surface area contributed by atoms with Crippen molar-refractivity contribution in [3.05, 3.63) is 56.4 Å². The van der Waals surface area contributed by atoms with Gasteiger partial charge in [-0.1, -0.05) is 33.6 Å². The summed E-state index contributed by atoms with van der Waals surface area (Å²) in [6.07, 6.45) is 0. The lowest BCUT2D eigenvalue weighted by Crippen LogP contribution is -2.13. The fourth-order valence-electron chi connectivity index (χ4n) is 1.41. The van der Waals surface area contributed by atoms with Gasteiger partial charge in [0.2, 0.25) is 0 Å². The van der Waals surface area contributed by atoms with Gasteiger partial charge in [0, 0.05) is 14.0 Å². The Morgan fingerprint density at radius 2 is 1.79 bits per heavy atom. The van der Waals surface area contributed by atoms with Gasteiger partial charge in [0.1, 0.15) is 0 Å². The Morgan fingerprint density at radius 1 is 1.05 bits per heavy atom. The van der Waals surface area contributed by atoms with Crippen LogP contribution in [0.1, 0.15) is 0 Å². The zero-order valence-electron chi connectivity index (χ0n) is 9.40. The molecule has 0 spiro atoms. The molecule has 19 heavy (non-hydrogen) atoms. The lowest BCUT2D eigenvalue weighted by Gasteiger charge is -2.10. The molecule has 0 saturated heterocycles. The van der Waals surface area contributed by atoms with E-state index < -0.39 is 10.0 Å². The van der Waals surface area contributed by atoms with Crippen molar-refractivity contribution in [2.75, 3.05) is 4.72 Å². The van der Waals surface area contributed by atoms with Gasteiger partial charge in [-0.2, -0.15) is 0 Å². The zero-order chi connectivity index (χ0) is 14.0. The number of rotatable bonds is 3. The minimum Gasteiger partial charge on any atom is -0.278 e. The molecular weight excluding hydrogens is 417 g/mol. The van der Waals surface area contributed by atoms with Crippen molar-refractivity contribution in [2.45, 2.75) is 4.90 Å². The fraction of sp³-hybridized carbons (Fsp3) is 0. The van der Waals surface area contributed by atoms with E-state index in [9.17, 15) is 8.42 Å². The Bertz CT molecular complexity index is 719. The molecule has 2 rings (SSSR count). The molecule has 0 aliphatic rings. The fourth-order valence-corrected chi connectivity index (χ4v) is 3.73. The normalized spacial score (nSPS) is 11.3. The van der Waals surface area contributed by atoms with Gasteiger partial charge in [0.05, 0.1) is 10.6 Å². The monoisotopic (exact) mass is 423 g/mol. The molecule has 0 radical (unpaired) electrons. The molecule has 7 heteroatoms. The summed E-state index contributed by atoms with van der Waals surface area (Å²) in [5.74, 6) is 0. The van der Waals surface area contributed by atoms with Crippen molar-refractivity contribution in [3.8, 4) is 0 Å². The van der Waals surface area contributed by atoms with Crippen molar-refractivity contribution >= 4 is 59.2 Å². The van der Waals surface area contributed by atoms with Crippen LogP contribution in [-0.2, 0) is 10.0 Å². The van der Waals surface area contributed by atoms with Crippen LogP contribution < -0.4 is 4.72 Å². The van der Waals surface area contributed by atoms with Crippen molar-refractivity contribution < 1.29 is 8.42 Å². The number of benzene rings is 2. The molecule has 0 aliphatic heterocycles. The minimum atomic E-state index is -3.64. The van der Waals surface area contributed by atoms with Crippen LogP contribution in [0.5, 0.6) is 0 Å². The summed E-state index contributed by atoms with van der Waals surface area (Å²) in [5, 5.41) is 0.454. The molecule has 0 unspecified atom stereocenters. The largest absolute Gasteiger partial charge is 0.278 e. The van der Waals surface area contributed by atoms with E-state index in [1.165, 1.54) is 12.1 Å². The first-order valence-electron chi connectivity index (χ1n) is 5.12. The lowest BCUT2D eigenvalue weighted by molar-refractivity contribution is 0.601. The molecule has 2 aromatic rings. The van der Waals surface area contributed by atoms with Gasteiger partial charge >= 0.3 is 0 Å². The number of hydrogen-bond acceptors (Lipinski definition) is 2. The summed E-state index contributed by atoms with van der Waals surface area (Å²) in [6, 6.07) is 11.4. The smallest absolute Gasteiger partial charge is 0.261 e. The predicted molar refractivity (Wildman–Crippen MR) is 84.1 cm³/mol. The van der Waals surface area contributed by atoms with E-state index in [-0.39, 0.29) is 4.90 Å². The Hall–Kier alpha value is -0.560. The van der Waals surface area contributed by atoms with Crippen LogP contribution in [0.25, 0.3) is 0 Å². The molecule has 0 bridgehead atoms. The Morgan fingerprint density at radius 3 is 2.47 bits per heavy atom. The maximum Gasteiger partial charge on any atom is 0.261 e. The zero-order valence-corrected chi connectivity index (χ0v) is 14.1. The lowest BCUT2D eigenvalue weighted by atomic mass is 10.3. The molecular formula is C12H8Br2ClNO2S.